The summed E-state index contributed by atoms with van der Waals surface area (Å²) >= 11 is 0. The van der Waals surface area contributed by atoms with Crippen molar-refractivity contribution in [2.45, 2.75) is 52.6 Å². The van der Waals surface area contributed by atoms with E-state index in [9.17, 15) is 0 Å². The van der Waals surface area contributed by atoms with Crippen molar-refractivity contribution in [3.05, 3.63) is 29.3 Å². The van der Waals surface area contributed by atoms with Crippen molar-refractivity contribution >= 4 is 5.69 Å². The molecule has 0 fully saturated rings. The van der Waals surface area contributed by atoms with Crippen LogP contribution in [0.25, 0.3) is 0 Å². The average Bonchev–Trinajstić information content (AvgIpc) is 2.39. The first-order valence-corrected chi connectivity index (χ1v) is 7.66. The van der Waals surface area contributed by atoms with Crippen molar-refractivity contribution < 1.29 is 4.74 Å². The lowest BCUT2D eigenvalue weighted by Crippen LogP contribution is -2.30. The van der Waals surface area contributed by atoms with Gasteiger partial charge in [-0.1, -0.05) is 12.1 Å². The number of anilines is 1. The summed E-state index contributed by atoms with van der Waals surface area (Å²) in [5.41, 5.74) is 4.36. The molecule has 0 bridgehead atoms. The molecule has 0 aliphatic carbocycles. The molecule has 2 nitrogen and oxygen atoms in total. The van der Waals surface area contributed by atoms with Gasteiger partial charge in [0.05, 0.1) is 6.10 Å². The van der Waals surface area contributed by atoms with Crippen LogP contribution < -0.4 is 4.90 Å². The van der Waals surface area contributed by atoms with E-state index in [1.807, 2.05) is 0 Å². The molecule has 0 N–H and O–H groups in total. The molecule has 0 aromatic heterocycles. The summed E-state index contributed by atoms with van der Waals surface area (Å²) in [6, 6.07) is 6.89. The zero-order valence-corrected chi connectivity index (χ0v) is 12.6. The first-order valence-electron chi connectivity index (χ1n) is 7.66. The first-order chi connectivity index (χ1) is 9.20. The number of hydrogen-bond donors (Lipinski definition) is 0. The minimum atomic E-state index is 0.395. The lowest BCUT2D eigenvalue weighted by molar-refractivity contribution is 0.0692. The SMILES string of the molecule is CCOC(C)CCCN1CCCc2ccc(C)cc21. The number of rotatable bonds is 6. The Morgan fingerprint density at radius 2 is 2.21 bits per heavy atom. The molecule has 106 valence electrons. The first kappa shape index (κ1) is 14.4. The maximum atomic E-state index is 5.60. The Morgan fingerprint density at radius 3 is 3.00 bits per heavy atom. The molecule has 19 heavy (non-hydrogen) atoms. The summed E-state index contributed by atoms with van der Waals surface area (Å²) in [5.74, 6) is 0. The predicted octanol–water partition coefficient (Wildman–Crippen LogP) is 3.95. The molecule has 0 radical (unpaired) electrons. The van der Waals surface area contributed by atoms with Gasteiger partial charge in [0.25, 0.3) is 0 Å². The van der Waals surface area contributed by atoms with Crippen LogP contribution in [0.15, 0.2) is 18.2 Å². The second kappa shape index (κ2) is 6.95. The Hall–Kier alpha value is -1.02. The van der Waals surface area contributed by atoms with E-state index in [4.69, 9.17) is 4.74 Å². The number of aryl methyl sites for hydroxylation is 2. The molecule has 1 atom stereocenters. The maximum Gasteiger partial charge on any atom is 0.0547 e. The highest BCUT2D eigenvalue weighted by molar-refractivity contribution is 5.57. The van der Waals surface area contributed by atoms with Crippen LogP contribution >= 0.6 is 0 Å². The number of nitrogens with zero attached hydrogens (tertiary/aromatic N) is 1. The Morgan fingerprint density at radius 1 is 1.37 bits per heavy atom. The average molecular weight is 261 g/mol. The number of benzene rings is 1. The van der Waals surface area contributed by atoms with E-state index >= 15 is 0 Å². The number of hydrogen-bond acceptors (Lipinski definition) is 2. The van der Waals surface area contributed by atoms with Gasteiger partial charge < -0.3 is 9.64 Å². The highest BCUT2D eigenvalue weighted by Gasteiger charge is 2.16. The highest BCUT2D eigenvalue weighted by Crippen LogP contribution is 2.28. The van der Waals surface area contributed by atoms with Gasteiger partial charge in [-0.15, -0.1) is 0 Å². The Balaban J connectivity index is 1.90. The van der Waals surface area contributed by atoms with Gasteiger partial charge in [-0.05, 0) is 63.6 Å². The monoisotopic (exact) mass is 261 g/mol. The van der Waals surface area contributed by atoms with Gasteiger partial charge in [0, 0.05) is 25.4 Å². The molecule has 1 aliphatic rings. The zero-order chi connectivity index (χ0) is 13.7. The molecule has 0 amide bonds. The fraction of sp³-hybridized carbons (Fsp3) is 0.647. The van der Waals surface area contributed by atoms with Gasteiger partial charge in [0.2, 0.25) is 0 Å². The smallest absolute Gasteiger partial charge is 0.0547 e. The maximum absolute atomic E-state index is 5.60. The van der Waals surface area contributed by atoms with Gasteiger partial charge >= 0.3 is 0 Å². The topological polar surface area (TPSA) is 12.5 Å². The van der Waals surface area contributed by atoms with Crippen LogP contribution in [0.3, 0.4) is 0 Å². The number of fused-ring (bicyclic) bond motifs is 1. The van der Waals surface area contributed by atoms with Gasteiger partial charge in [0.15, 0.2) is 0 Å². The molecule has 2 rings (SSSR count). The summed E-state index contributed by atoms with van der Waals surface area (Å²) in [5, 5.41) is 0. The van der Waals surface area contributed by atoms with Gasteiger partial charge in [-0.25, -0.2) is 0 Å². The fourth-order valence-corrected chi connectivity index (χ4v) is 2.93. The third-order valence-corrected chi connectivity index (χ3v) is 3.95. The van der Waals surface area contributed by atoms with Crippen LogP contribution in [-0.4, -0.2) is 25.8 Å². The normalized spacial score (nSPS) is 16.3. The van der Waals surface area contributed by atoms with Crippen LogP contribution in [0.1, 0.15) is 44.2 Å². The van der Waals surface area contributed by atoms with Crippen LogP contribution in [0, 0.1) is 6.92 Å². The van der Waals surface area contributed by atoms with Crippen molar-refractivity contribution in [3.63, 3.8) is 0 Å². The molecule has 1 heterocycles. The van der Waals surface area contributed by atoms with Crippen LogP contribution in [0.5, 0.6) is 0 Å². The Kier molecular flexibility index (Phi) is 5.26. The van der Waals surface area contributed by atoms with E-state index < -0.39 is 0 Å². The minimum Gasteiger partial charge on any atom is -0.379 e. The zero-order valence-electron chi connectivity index (χ0n) is 12.6. The second-order valence-electron chi connectivity index (χ2n) is 5.63. The molecule has 2 heteroatoms. The molecule has 1 unspecified atom stereocenters. The number of ether oxygens (including phenoxy) is 1. The molecular formula is C17H27NO. The predicted molar refractivity (Wildman–Crippen MR) is 82.0 cm³/mol. The van der Waals surface area contributed by atoms with Gasteiger partial charge in [0.1, 0.15) is 0 Å². The molecular weight excluding hydrogens is 234 g/mol. The van der Waals surface area contributed by atoms with E-state index in [1.54, 1.807) is 0 Å². The third-order valence-electron chi connectivity index (χ3n) is 3.95. The Bertz CT molecular complexity index is 402. The molecule has 0 spiro atoms. The fourth-order valence-electron chi connectivity index (χ4n) is 2.93. The van der Waals surface area contributed by atoms with Crippen LogP contribution in [0.4, 0.5) is 5.69 Å². The standard InChI is InChI=1S/C17H27NO/c1-4-19-15(3)7-5-11-18-12-6-8-16-10-9-14(2)13-17(16)18/h9-10,13,15H,4-8,11-12H2,1-3H3. The largest absolute Gasteiger partial charge is 0.379 e. The lowest BCUT2D eigenvalue weighted by atomic mass is 9.99. The van der Waals surface area contributed by atoms with E-state index in [0.717, 1.165) is 19.6 Å². The van der Waals surface area contributed by atoms with E-state index in [2.05, 4.69) is 43.9 Å². The van der Waals surface area contributed by atoms with Crippen molar-refractivity contribution in [2.24, 2.45) is 0 Å². The molecule has 0 saturated carbocycles. The summed E-state index contributed by atoms with van der Waals surface area (Å²) in [6.07, 6.45) is 5.30. The molecule has 1 aliphatic heterocycles. The lowest BCUT2D eigenvalue weighted by Gasteiger charge is -2.32. The quantitative estimate of drug-likeness (QED) is 0.768. The summed E-state index contributed by atoms with van der Waals surface area (Å²) in [4.78, 5) is 2.56. The van der Waals surface area contributed by atoms with Crippen molar-refractivity contribution in [1.82, 2.24) is 0 Å². The summed E-state index contributed by atoms with van der Waals surface area (Å²) in [7, 11) is 0. The van der Waals surface area contributed by atoms with E-state index in [0.29, 0.717) is 6.10 Å². The molecule has 0 saturated heterocycles. The van der Waals surface area contributed by atoms with Gasteiger partial charge in [-0.3, -0.25) is 0 Å². The van der Waals surface area contributed by atoms with E-state index in [1.165, 1.54) is 42.6 Å². The van der Waals surface area contributed by atoms with Crippen LogP contribution in [-0.2, 0) is 11.2 Å². The van der Waals surface area contributed by atoms with Crippen molar-refractivity contribution in [3.8, 4) is 0 Å². The summed E-state index contributed by atoms with van der Waals surface area (Å²) < 4.78 is 5.60. The summed E-state index contributed by atoms with van der Waals surface area (Å²) in [6.45, 7) is 9.63. The molecule has 1 aromatic carbocycles. The Labute approximate surface area is 117 Å². The minimum absolute atomic E-state index is 0.395. The van der Waals surface area contributed by atoms with Gasteiger partial charge in [-0.2, -0.15) is 0 Å². The van der Waals surface area contributed by atoms with Crippen molar-refractivity contribution in [2.75, 3.05) is 24.6 Å². The van der Waals surface area contributed by atoms with Crippen LogP contribution in [0.2, 0.25) is 0 Å². The van der Waals surface area contributed by atoms with Crippen molar-refractivity contribution in [1.29, 1.82) is 0 Å². The third kappa shape index (κ3) is 3.97. The highest BCUT2D eigenvalue weighted by atomic mass is 16.5. The molecule has 1 aromatic rings. The second-order valence-corrected chi connectivity index (χ2v) is 5.63. The van der Waals surface area contributed by atoms with E-state index in [-0.39, 0.29) is 0 Å².